The molecule has 35 heavy (non-hydrogen) atoms. The van der Waals surface area contributed by atoms with Crippen molar-refractivity contribution >= 4 is 28.8 Å². The maximum atomic E-state index is 14.4. The Labute approximate surface area is 201 Å². The van der Waals surface area contributed by atoms with Crippen molar-refractivity contribution in [3.63, 3.8) is 0 Å². The van der Waals surface area contributed by atoms with Crippen LogP contribution >= 0.6 is 11.6 Å². The maximum Gasteiger partial charge on any atom is 0.418 e. The lowest BCUT2D eigenvalue weighted by molar-refractivity contribution is -0.136. The average molecular weight is 508 g/mol. The summed E-state index contributed by atoms with van der Waals surface area (Å²) in [7, 11) is 0. The monoisotopic (exact) mass is 507 g/mol. The van der Waals surface area contributed by atoms with Crippen molar-refractivity contribution in [2.45, 2.75) is 18.7 Å². The molecule has 2 aromatic carbocycles. The van der Waals surface area contributed by atoms with Gasteiger partial charge in [-0.15, -0.1) is 0 Å². The van der Waals surface area contributed by atoms with Gasteiger partial charge in [0.25, 0.3) is 5.91 Å². The van der Waals surface area contributed by atoms with Crippen molar-refractivity contribution < 1.29 is 27.5 Å². The number of alkyl halides is 3. The molecule has 2 aromatic heterocycles. The molecule has 0 aliphatic rings. The molecule has 0 radical (unpaired) electrons. The predicted molar refractivity (Wildman–Crippen MR) is 121 cm³/mol. The molecule has 0 aliphatic heterocycles. The van der Waals surface area contributed by atoms with E-state index in [1.165, 1.54) is 6.07 Å². The van der Waals surface area contributed by atoms with Crippen molar-refractivity contribution in [2.75, 3.05) is 12.3 Å². The molecule has 0 spiro atoms. The van der Waals surface area contributed by atoms with Gasteiger partial charge in [0.15, 0.2) is 5.82 Å². The number of aromatic nitrogens is 3. The summed E-state index contributed by atoms with van der Waals surface area (Å²) in [4.78, 5) is 16.2. The molecule has 12 heteroatoms. The van der Waals surface area contributed by atoms with Crippen LogP contribution in [-0.2, 0) is 6.18 Å². The van der Waals surface area contributed by atoms with Gasteiger partial charge in [0.1, 0.15) is 17.7 Å². The summed E-state index contributed by atoms with van der Waals surface area (Å²) in [5, 5.41) is 17.1. The number of halogens is 5. The van der Waals surface area contributed by atoms with Crippen molar-refractivity contribution in [1.82, 2.24) is 19.9 Å². The Bertz CT molecular complexity index is 1390. The molecule has 0 fully saturated rings. The van der Waals surface area contributed by atoms with Gasteiger partial charge in [0, 0.05) is 17.1 Å². The van der Waals surface area contributed by atoms with E-state index in [4.69, 9.17) is 17.3 Å². The first-order chi connectivity index (χ1) is 16.6. The number of carbonyl (C=O) groups excluding carboxylic acids is 1. The van der Waals surface area contributed by atoms with Gasteiger partial charge in [-0.1, -0.05) is 23.7 Å². The van der Waals surface area contributed by atoms with Crippen LogP contribution in [0.15, 0.2) is 54.9 Å². The largest absolute Gasteiger partial charge is 0.418 e. The Morgan fingerprint density at radius 2 is 1.89 bits per heavy atom. The smallest absolute Gasteiger partial charge is 0.388 e. The molecule has 1 atom stereocenters. The average Bonchev–Trinajstić information content (AvgIpc) is 3.21. The minimum Gasteiger partial charge on any atom is -0.388 e. The van der Waals surface area contributed by atoms with E-state index >= 15 is 0 Å². The lowest BCUT2D eigenvalue weighted by Gasteiger charge is -2.12. The number of nitrogens with two attached hydrogens (primary N) is 1. The summed E-state index contributed by atoms with van der Waals surface area (Å²) in [6.07, 6.45) is -4.49. The second-order valence-electron chi connectivity index (χ2n) is 7.65. The van der Waals surface area contributed by atoms with Gasteiger partial charge in [0.2, 0.25) is 0 Å². The van der Waals surface area contributed by atoms with Gasteiger partial charge in [0.05, 0.1) is 22.9 Å². The fourth-order valence-electron chi connectivity index (χ4n) is 3.62. The molecule has 0 bridgehead atoms. The standard InChI is InChI=1S/C23H18ClF4N5O2/c24-14-4-1-12(2-5-14)19(34)7-8-30-22(35)15-9-13(3-6-17(15)25)18-10-16(23(26,27)28)20-21(29)31-11-32-33(18)20/h1-6,9-11,19,34H,7-8H2,(H,30,35)(H2,29,31,32)/t19-/m1/s1. The van der Waals surface area contributed by atoms with Crippen molar-refractivity contribution in [3.8, 4) is 11.3 Å². The Kier molecular flexibility index (Phi) is 6.64. The van der Waals surface area contributed by atoms with E-state index in [0.717, 1.165) is 29.0 Å². The van der Waals surface area contributed by atoms with Crippen molar-refractivity contribution in [1.29, 1.82) is 0 Å². The molecule has 0 saturated heterocycles. The second-order valence-corrected chi connectivity index (χ2v) is 8.09. The highest BCUT2D eigenvalue weighted by Crippen LogP contribution is 2.38. The molecule has 7 nitrogen and oxygen atoms in total. The van der Waals surface area contributed by atoms with Crippen molar-refractivity contribution in [3.05, 3.63) is 82.4 Å². The molecule has 0 aliphatic carbocycles. The highest BCUT2D eigenvalue weighted by Gasteiger charge is 2.36. The van der Waals surface area contributed by atoms with E-state index in [1.807, 2.05) is 0 Å². The van der Waals surface area contributed by atoms with E-state index in [2.05, 4.69) is 15.4 Å². The number of hydrogen-bond donors (Lipinski definition) is 3. The van der Waals surface area contributed by atoms with Gasteiger partial charge >= 0.3 is 6.18 Å². The van der Waals surface area contributed by atoms with Crippen LogP contribution in [0, 0.1) is 5.82 Å². The van der Waals surface area contributed by atoms with E-state index in [0.29, 0.717) is 10.6 Å². The number of nitrogens with zero attached hydrogens (tertiary/aromatic N) is 3. The lowest BCUT2D eigenvalue weighted by atomic mass is 10.1. The highest BCUT2D eigenvalue weighted by molar-refractivity contribution is 6.30. The summed E-state index contributed by atoms with van der Waals surface area (Å²) in [6, 6.07) is 10.7. The fraction of sp³-hybridized carbons (Fsp3) is 0.174. The lowest BCUT2D eigenvalue weighted by Crippen LogP contribution is -2.26. The summed E-state index contributed by atoms with van der Waals surface area (Å²) >= 11 is 5.82. The number of nitrogens with one attached hydrogen (secondary N) is 1. The number of hydrogen-bond acceptors (Lipinski definition) is 5. The normalized spacial score (nSPS) is 12.6. The minimum absolute atomic E-state index is 0.0162. The van der Waals surface area contributed by atoms with Crippen molar-refractivity contribution in [2.24, 2.45) is 0 Å². The van der Waals surface area contributed by atoms with Gasteiger partial charge in [-0.05, 0) is 48.4 Å². The molecular formula is C23H18ClF4N5O2. The van der Waals surface area contributed by atoms with Gasteiger partial charge in [-0.25, -0.2) is 13.9 Å². The third-order valence-corrected chi connectivity index (χ3v) is 5.60. The topological polar surface area (TPSA) is 106 Å². The first kappa shape index (κ1) is 24.4. The summed E-state index contributed by atoms with van der Waals surface area (Å²) in [5.74, 6) is -2.04. The van der Waals surface area contributed by atoms with Crippen LogP contribution in [0.5, 0.6) is 0 Å². The molecule has 1 amide bonds. The van der Waals surface area contributed by atoms with Crippen LogP contribution in [0.25, 0.3) is 16.8 Å². The number of carbonyl (C=O) groups is 1. The Hall–Kier alpha value is -3.70. The quantitative estimate of drug-likeness (QED) is 0.330. The third-order valence-electron chi connectivity index (χ3n) is 5.35. The molecule has 4 rings (SSSR count). The van der Waals surface area contributed by atoms with Gasteiger partial charge < -0.3 is 16.2 Å². The molecule has 0 saturated carbocycles. The zero-order valence-corrected chi connectivity index (χ0v) is 18.6. The summed E-state index contributed by atoms with van der Waals surface area (Å²) < 4.78 is 56.1. The Morgan fingerprint density at radius 3 is 2.57 bits per heavy atom. The van der Waals surface area contributed by atoms with Crippen LogP contribution in [0.1, 0.15) is 34.0 Å². The molecular weight excluding hydrogens is 490 g/mol. The number of aliphatic hydroxyl groups excluding tert-OH is 1. The van der Waals surface area contributed by atoms with Crippen LogP contribution in [0.4, 0.5) is 23.4 Å². The Morgan fingerprint density at radius 1 is 1.17 bits per heavy atom. The summed E-state index contributed by atoms with van der Waals surface area (Å²) in [5.41, 5.74) is 4.43. The molecule has 4 N–H and O–H groups in total. The van der Waals surface area contributed by atoms with Crippen LogP contribution < -0.4 is 11.1 Å². The first-order valence-corrected chi connectivity index (χ1v) is 10.6. The number of nitrogen functional groups attached to an aromatic ring is 1. The number of anilines is 1. The van der Waals surface area contributed by atoms with E-state index in [1.54, 1.807) is 24.3 Å². The number of rotatable bonds is 6. The molecule has 0 unspecified atom stereocenters. The van der Waals surface area contributed by atoms with Crippen LogP contribution in [-0.4, -0.2) is 32.2 Å². The molecule has 182 valence electrons. The maximum absolute atomic E-state index is 14.4. The summed E-state index contributed by atoms with van der Waals surface area (Å²) in [6.45, 7) is 0.0162. The third kappa shape index (κ3) is 5.05. The highest BCUT2D eigenvalue weighted by atomic mass is 35.5. The molecule has 4 aromatic rings. The number of amides is 1. The van der Waals surface area contributed by atoms with E-state index in [9.17, 15) is 27.5 Å². The number of aliphatic hydroxyl groups is 1. The zero-order chi connectivity index (χ0) is 25.3. The first-order valence-electron chi connectivity index (χ1n) is 10.3. The van der Waals surface area contributed by atoms with E-state index in [-0.39, 0.29) is 35.6 Å². The fourth-order valence-corrected chi connectivity index (χ4v) is 3.74. The van der Waals surface area contributed by atoms with Gasteiger partial charge in [-0.2, -0.15) is 18.3 Å². The Balaban J connectivity index is 1.58. The predicted octanol–water partition coefficient (Wildman–Crippen LogP) is 4.64. The SMILES string of the molecule is Nc1ncnn2c(-c3ccc(F)c(C(=O)NCC[C@@H](O)c4ccc(Cl)cc4)c3)cc(C(F)(F)F)c12. The number of benzene rings is 2. The minimum atomic E-state index is -4.74. The van der Waals surface area contributed by atoms with Crippen LogP contribution in [0.2, 0.25) is 5.02 Å². The number of fused-ring (bicyclic) bond motifs is 1. The van der Waals surface area contributed by atoms with Crippen LogP contribution in [0.3, 0.4) is 0 Å². The van der Waals surface area contributed by atoms with E-state index < -0.39 is 35.1 Å². The second kappa shape index (κ2) is 9.51. The molecule has 2 heterocycles. The van der Waals surface area contributed by atoms with Gasteiger partial charge in [-0.3, -0.25) is 4.79 Å². The zero-order valence-electron chi connectivity index (χ0n) is 17.9.